The maximum Gasteiger partial charge on any atom is 0.327 e. The van der Waals surface area contributed by atoms with E-state index in [0.29, 0.717) is 11.5 Å². The molecule has 2 N–H and O–H groups in total. The van der Waals surface area contributed by atoms with Gasteiger partial charge in [-0.15, -0.1) is 11.8 Å². The number of nitrogens with one attached hydrogen (secondary N) is 1. The number of hydrogen-bond acceptors (Lipinski definition) is 4. The van der Waals surface area contributed by atoms with Crippen molar-refractivity contribution < 1.29 is 19.5 Å². The summed E-state index contributed by atoms with van der Waals surface area (Å²) < 4.78 is -0.617. The molecule has 0 aromatic heterocycles. The molecule has 0 bridgehead atoms. The van der Waals surface area contributed by atoms with Crippen molar-refractivity contribution in [2.24, 2.45) is 0 Å². The highest BCUT2D eigenvalue weighted by Gasteiger charge is 2.70. The van der Waals surface area contributed by atoms with Crippen LogP contribution in [-0.2, 0) is 9.59 Å². The summed E-state index contributed by atoms with van der Waals surface area (Å²) in [5.74, 6) is -1.32. The number of carboxylic acid groups (broad SMARTS) is 1. The zero-order chi connectivity index (χ0) is 19.4. The van der Waals surface area contributed by atoms with Gasteiger partial charge in [0.2, 0.25) is 0 Å². The fourth-order valence-corrected chi connectivity index (χ4v) is 5.31. The van der Waals surface area contributed by atoms with Crippen LogP contribution in [0.2, 0.25) is 0 Å². The van der Waals surface area contributed by atoms with Gasteiger partial charge in [0.1, 0.15) is 17.0 Å². The molecule has 140 valence electrons. The molecule has 0 radical (unpaired) electrons. The Balaban J connectivity index is 1.79. The number of β-lactam (4-membered cyclic amide) rings is 1. The summed E-state index contributed by atoms with van der Waals surface area (Å²) in [6, 6.07) is 6.43. The highest BCUT2D eigenvalue weighted by atomic mass is 32.2. The van der Waals surface area contributed by atoms with Crippen molar-refractivity contribution in [2.45, 2.75) is 62.2 Å². The molecular formula is C19H24N2O4S. The summed E-state index contributed by atoms with van der Waals surface area (Å²) >= 11 is 1.42. The number of carbonyl (C=O) groups excluding carboxylic acids is 2. The molecule has 2 fully saturated rings. The van der Waals surface area contributed by atoms with Gasteiger partial charge < -0.3 is 15.3 Å². The van der Waals surface area contributed by atoms with Gasteiger partial charge in [0, 0.05) is 10.3 Å². The van der Waals surface area contributed by atoms with Crippen LogP contribution in [0.1, 0.15) is 56.5 Å². The Morgan fingerprint density at radius 2 is 1.77 bits per heavy atom. The number of aliphatic carboxylic acids is 1. The molecule has 1 aromatic rings. The number of amides is 2. The van der Waals surface area contributed by atoms with Crippen molar-refractivity contribution in [3.63, 3.8) is 0 Å². The van der Waals surface area contributed by atoms with E-state index in [1.54, 1.807) is 19.1 Å². The first-order valence-electron chi connectivity index (χ1n) is 8.65. The van der Waals surface area contributed by atoms with Crippen molar-refractivity contribution in [1.82, 2.24) is 10.2 Å². The average molecular weight is 376 g/mol. The Hall–Kier alpha value is -2.02. The minimum atomic E-state index is -1.10. The first-order chi connectivity index (χ1) is 12.0. The largest absolute Gasteiger partial charge is 0.480 e. The van der Waals surface area contributed by atoms with Crippen molar-refractivity contribution in [2.75, 3.05) is 0 Å². The SMILES string of the molecule is CC(C)c1ccc(C(=O)NC2(C)C(=O)N3[C@@H](C(=O)O)C(C)(C)S[C@@H]32)cc1. The van der Waals surface area contributed by atoms with Crippen LogP contribution in [0.5, 0.6) is 0 Å². The Morgan fingerprint density at radius 1 is 1.19 bits per heavy atom. The first kappa shape index (κ1) is 18.8. The van der Waals surface area contributed by atoms with Gasteiger partial charge in [0.25, 0.3) is 11.8 Å². The molecule has 2 aliphatic heterocycles. The zero-order valence-electron chi connectivity index (χ0n) is 15.6. The Kier molecular flexibility index (Phi) is 4.34. The van der Waals surface area contributed by atoms with E-state index in [2.05, 4.69) is 19.2 Å². The van der Waals surface area contributed by atoms with Crippen molar-refractivity contribution in [3.8, 4) is 0 Å². The standard InChI is InChI=1S/C19H24N2O4S/c1-10(2)11-6-8-12(9-7-11)14(22)20-19(5)16(25)21-13(15(23)24)18(3,4)26-17(19)21/h6-10,13,17H,1-5H3,(H,20,22)(H,23,24)/t13-,17+,19?/m0/s1. The third-order valence-electron chi connectivity index (χ3n) is 5.22. The van der Waals surface area contributed by atoms with Crippen LogP contribution in [0.25, 0.3) is 0 Å². The van der Waals surface area contributed by atoms with Gasteiger partial charge in [-0.2, -0.15) is 0 Å². The van der Waals surface area contributed by atoms with E-state index in [0.717, 1.165) is 5.56 Å². The van der Waals surface area contributed by atoms with Gasteiger partial charge >= 0.3 is 5.97 Å². The van der Waals surface area contributed by atoms with E-state index in [4.69, 9.17) is 0 Å². The molecule has 0 saturated carbocycles. The number of benzene rings is 1. The maximum absolute atomic E-state index is 12.7. The molecular weight excluding hydrogens is 352 g/mol. The van der Waals surface area contributed by atoms with Crippen LogP contribution >= 0.6 is 11.8 Å². The molecule has 26 heavy (non-hydrogen) atoms. The molecule has 1 aromatic carbocycles. The van der Waals surface area contributed by atoms with E-state index in [9.17, 15) is 19.5 Å². The van der Waals surface area contributed by atoms with E-state index in [-0.39, 0.29) is 17.2 Å². The molecule has 6 nitrogen and oxygen atoms in total. The van der Waals surface area contributed by atoms with Crippen LogP contribution in [0, 0.1) is 0 Å². The lowest BCUT2D eigenvalue weighted by atomic mass is 9.86. The molecule has 3 atom stereocenters. The summed E-state index contributed by atoms with van der Waals surface area (Å²) in [5.41, 5.74) is 0.523. The zero-order valence-corrected chi connectivity index (χ0v) is 16.4. The lowest BCUT2D eigenvalue weighted by molar-refractivity contribution is -0.165. The molecule has 0 spiro atoms. The van der Waals surface area contributed by atoms with Crippen molar-refractivity contribution >= 4 is 29.5 Å². The second-order valence-corrected chi connectivity index (χ2v) is 9.69. The van der Waals surface area contributed by atoms with Crippen LogP contribution in [0.3, 0.4) is 0 Å². The minimum absolute atomic E-state index is 0.326. The van der Waals surface area contributed by atoms with Gasteiger partial charge in [-0.25, -0.2) is 4.79 Å². The van der Waals surface area contributed by atoms with E-state index in [1.165, 1.54) is 16.7 Å². The fourth-order valence-electron chi connectivity index (χ4n) is 3.67. The number of thioether (sulfide) groups is 1. The average Bonchev–Trinajstić information content (AvgIpc) is 2.84. The summed E-state index contributed by atoms with van der Waals surface area (Å²) in [6.45, 7) is 9.46. The van der Waals surface area contributed by atoms with Crippen molar-refractivity contribution in [1.29, 1.82) is 0 Å². The minimum Gasteiger partial charge on any atom is -0.480 e. The summed E-state index contributed by atoms with van der Waals surface area (Å²) in [7, 11) is 0. The molecule has 2 aliphatic rings. The smallest absolute Gasteiger partial charge is 0.327 e. The molecule has 0 aliphatic carbocycles. The lowest BCUT2D eigenvalue weighted by Gasteiger charge is -2.51. The second-order valence-electron chi connectivity index (χ2n) is 7.96. The van der Waals surface area contributed by atoms with Gasteiger partial charge in [-0.3, -0.25) is 9.59 Å². The fraction of sp³-hybridized carbons (Fsp3) is 0.526. The van der Waals surface area contributed by atoms with E-state index < -0.39 is 22.3 Å². The van der Waals surface area contributed by atoms with Crippen LogP contribution < -0.4 is 5.32 Å². The maximum atomic E-state index is 12.7. The van der Waals surface area contributed by atoms with Gasteiger partial charge in [0.05, 0.1) is 0 Å². The van der Waals surface area contributed by atoms with E-state index >= 15 is 0 Å². The number of carbonyl (C=O) groups is 3. The molecule has 7 heteroatoms. The summed E-state index contributed by atoms with van der Waals surface area (Å²) in [6.07, 6.45) is 0. The molecule has 2 saturated heterocycles. The summed E-state index contributed by atoms with van der Waals surface area (Å²) in [5, 5.41) is 11.9. The molecule has 3 rings (SSSR count). The number of fused-ring (bicyclic) bond motifs is 1. The topological polar surface area (TPSA) is 86.7 Å². The molecule has 2 amide bonds. The quantitative estimate of drug-likeness (QED) is 0.788. The Morgan fingerprint density at radius 3 is 2.27 bits per heavy atom. The lowest BCUT2D eigenvalue weighted by Crippen LogP contribution is -2.78. The predicted molar refractivity (Wildman–Crippen MR) is 100 cm³/mol. The monoisotopic (exact) mass is 376 g/mol. The Bertz CT molecular complexity index is 774. The Labute approximate surface area is 157 Å². The number of rotatable bonds is 4. The number of nitrogens with zero attached hydrogens (tertiary/aromatic N) is 1. The van der Waals surface area contributed by atoms with Crippen LogP contribution in [-0.4, -0.2) is 49.5 Å². The van der Waals surface area contributed by atoms with Crippen LogP contribution in [0.15, 0.2) is 24.3 Å². The van der Waals surface area contributed by atoms with Gasteiger partial charge in [0.15, 0.2) is 0 Å². The number of hydrogen-bond donors (Lipinski definition) is 2. The molecule has 1 unspecified atom stereocenters. The predicted octanol–water partition coefficient (Wildman–Crippen LogP) is 2.45. The second kappa shape index (κ2) is 6.01. The normalized spacial score (nSPS) is 29.3. The first-order valence-corrected chi connectivity index (χ1v) is 9.53. The summed E-state index contributed by atoms with van der Waals surface area (Å²) in [4.78, 5) is 38.3. The highest BCUT2D eigenvalue weighted by molar-refractivity contribution is 8.01. The molecule has 2 heterocycles. The number of carboxylic acids is 1. The highest BCUT2D eigenvalue weighted by Crippen LogP contribution is 2.54. The van der Waals surface area contributed by atoms with Gasteiger partial charge in [-0.1, -0.05) is 26.0 Å². The van der Waals surface area contributed by atoms with Gasteiger partial charge in [-0.05, 0) is 44.4 Å². The van der Waals surface area contributed by atoms with Crippen LogP contribution in [0.4, 0.5) is 0 Å². The third-order valence-corrected chi connectivity index (χ3v) is 6.98. The third kappa shape index (κ3) is 2.69. The van der Waals surface area contributed by atoms with E-state index in [1.807, 2.05) is 26.0 Å². The van der Waals surface area contributed by atoms with Crippen molar-refractivity contribution in [3.05, 3.63) is 35.4 Å².